The van der Waals surface area contributed by atoms with Gasteiger partial charge in [-0.3, -0.25) is 19.4 Å². The van der Waals surface area contributed by atoms with Crippen LogP contribution in [0.4, 0.5) is 18.9 Å². The number of aryl methyl sites for hydroxylation is 1. The summed E-state index contributed by atoms with van der Waals surface area (Å²) in [6.45, 7) is 5.15. The summed E-state index contributed by atoms with van der Waals surface area (Å²) in [5.41, 5.74) is 3.45. The lowest BCUT2D eigenvalue weighted by Gasteiger charge is -2.33. The molecule has 0 unspecified atom stereocenters. The molecule has 7 rings (SSSR count). The zero-order valence-corrected chi connectivity index (χ0v) is 26.5. The predicted molar refractivity (Wildman–Crippen MR) is 171 cm³/mol. The highest BCUT2D eigenvalue weighted by atomic mass is 19.4. The van der Waals surface area contributed by atoms with E-state index >= 15 is 0 Å². The van der Waals surface area contributed by atoms with Crippen LogP contribution in [0.15, 0.2) is 61.4 Å². The van der Waals surface area contributed by atoms with Crippen LogP contribution in [0, 0.1) is 0 Å². The molecule has 0 bridgehead atoms. The molecule has 0 aliphatic carbocycles. The number of fused-ring (bicyclic) bond motifs is 2. The molecule has 244 valence electrons. The van der Waals surface area contributed by atoms with Crippen molar-refractivity contribution in [2.75, 3.05) is 51.8 Å². The summed E-state index contributed by atoms with van der Waals surface area (Å²) >= 11 is 0. The molecule has 5 aromatic rings. The molecule has 5 heterocycles. The van der Waals surface area contributed by atoms with E-state index in [0.29, 0.717) is 53.2 Å². The van der Waals surface area contributed by atoms with E-state index in [4.69, 9.17) is 9.72 Å². The third-order valence-electron chi connectivity index (χ3n) is 9.07. The summed E-state index contributed by atoms with van der Waals surface area (Å²) in [6, 6.07) is 9.26. The number of aromatic nitrogens is 5. The Bertz CT molecular complexity index is 1950. The van der Waals surface area contributed by atoms with Gasteiger partial charge in [-0.25, -0.2) is 4.98 Å². The SMILES string of the molecule is COc1cc(CN2CCN(C)CC2)c2nccc(N3CCc4c(cc(Cn5ccnc5)cc4-c4cn(C)nc4C(F)(F)F)C3=O)c2c1. The second kappa shape index (κ2) is 12.1. The summed E-state index contributed by atoms with van der Waals surface area (Å²) in [4.78, 5) is 29.7. The molecule has 0 saturated carbocycles. The third kappa shape index (κ3) is 5.96. The number of alkyl halides is 3. The van der Waals surface area contributed by atoms with Crippen molar-refractivity contribution < 1.29 is 22.7 Å². The Morgan fingerprint density at radius 3 is 2.45 bits per heavy atom. The monoisotopic (exact) mass is 644 g/mol. The summed E-state index contributed by atoms with van der Waals surface area (Å²) in [5.74, 6) is 0.385. The number of carbonyl (C=O) groups excluding carboxylic acids is 1. The van der Waals surface area contributed by atoms with Gasteiger partial charge >= 0.3 is 6.18 Å². The van der Waals surface area contributed by atoms with Gasteiger partial charge in [0.25, 0.3) is 5.91 Å². The maximum Gasteiger partial charge on any atom is 0.435 e. The molecule has 10 nitrogen and oxygen atoms in total. The number of nitrogens with zero attached hydrogens (tertiary/aromatic N) is 8. The van der Waals surface area contributed by atoms with Crippen LogP contribution in [0.3, 0.4) is 0 Å². The fraction of sp³-hybridized carbons (Fsp3) is 0.353. The van der Waals surface area contributed by atoms with Crippen LogP contribution in [-0.4, -0.2) is 86.9 Å². The minimum absolute atomic E-state index is 0.0439. The maximum absolute atomic E-state index is 14.5. The number of amides is 1. The number of hydrogen-bond acceptors (Lipinski definition) is 7. The number of likely N-dealkylation sites (N-methyl/N-ethyl adjacent to an activating group) is 1. The number of hydrogen-bond donors (Lipinski definition) is 0. The van der Waals surface area contributed by atoms with Gasteiger partial charge in [-0.1, -0.05) is 0 Å². The van der Waals surface area contributed by atoms with Crippen molar-refractivity contribution in [3.8, 4) is 16.9 Å². The van der Waals surface area contributed by atoms with E-state index in [9.17, 15) is 18.0 Å². The first-order valence-corrected chi connectivity index (χ1v) is 15.5. The number of benzene rings is 2. The first kappa shape index (κ1) is 30.9. The molecule has 13 heteroatoms. The van der Waals surface area contributed by atoms with E-state index in [1.807, 2.05) is 22.8 Å². The van der Waals surface area contributed by atoms with Crippen molar-refractivity contribution >= 4 is 22.5 Å². The number of halogens is 3. The molecule has 1 amide bonds. The van der Waals surface area contributed by atoms with Gasteiger partial charge in [0.2, 0.25) is 0 Å². The van der Waals surface area contributed by atoms with E-state index in [2.05, 4.69) is 26.9 Å². The highest BCUT2D eigenvalue weighted by molar-refractivity contribution is 6.13. The highest BCUT2D eigenvalue weighted by Crippen LogP contribution is 2.41. The first-order valence-electron chi connectivity index (χ1n) is 15.5. The van der Waals surface area contributed by atoms with Gasteiger partial charge in [-0.15, -0.1) is 0 Å². The summed E-state index contributed by atoms with van der Waals surface area (Å²) in [7, 11) is 5.21. The molecule has 1 saturated heterocycles. The van der Waals surface area contributed by atoms with Crippen molar-refractivity contribution in [2.45, 2.75) is 25.7 Å². The number of rotatable bonds is 7. The van der Waals surface area contributed by atoms with Crippen molar-refractivity contribution in [3.05, 3.63) is 89.4 Å². The van der Waals surface area contributed by atoms with Crippen LogP contribution < -0.4 is 9.64 Å². The number of ether oxygens (including phenoxy) is 1. The predicted octanol–water partition coefficient (Wildman–Crippen LogP) is 4.86. The minimum atomic E-state index is -4.66. The van der Waals surface area contributed by atoms with Gasteiger partial charge in [0.1, 0.15) is 5.75 Å². The summed E-state index contributed by atoms with van der Waals surface area (Å²) in [5, 5.41) is 4.54. The quantitative estimate of drug-likeness (QED) is 0.250. The molecule has 2 aliphatic heterocycles. The largest absolute Gasteiger partial charge is 0.497 e. The third-order valence-corrected chi connectivity index (χ3v) is 9.07. The topological polar surface area (TPSA) is 84.6 Å². The first-order chi connectivity index (χ1) is 22.6. The Kier molecular flexibility index (Phi) is 7.96. The van der Waals surface area contributed by atoms with E-state index in [-0.39, 0.29) is 18.0 Å². The number of anilines is 1. The van der Waals surface area contributed by atoms with Gasteiger partial charge in [0.05, 0.1) is 24.6 Å². The number of methoxy groups -OCH3 is 1. The van der Waals surface area contributed by atoms with Crippen LogP contribution >= 0.6 is 0 Å². The van der Waals surface area contributed by atoms with Gasteiger partial charge in [-0.2, -0.15) is 18.3 Å². The zero-order valence-electron chi connectivity index (χ0n) is 26.5. The van der Waals surface area contributed by atoms with E-state index in [1.165, 1.54) is 17.9 Å². The average molecular weight is 645 g/mol. The smallest absolute Gasteiger partial charge is 0.435 e. The van der Waals surface area contributed by atoms with E-state index in [0.717, 1.165) is 42.6 Å². The number of pyridine rings is 1. The molecular formula is C34H35F3N8O2. The molecule has 1 fully saturated rings. The molecule has 0 atom stereocenters. The Morgan fingerprint density at radius 2 is 1.72 bits per heavy atom. The Morgan fingerprint density at radius 1 is 0.936 bits per heavy atom. The van der Waals surface area contributed by atoms with Gasteiger partial charge in [-0.05, 0) is 66.1 Å². The molecule has 2 aliphatic rings. The molecule has 0 N–H and O–H groups in total. The van der Waals surface area contributed by atoms with Crippen LogP contribution in [0.2, 0.25) is 0 Å². The second-order valence-electron chi connectivity index (χ2n) is 12.3. The van der Waals surface area contributed by atoms with E-state index < -0.39 is 11.9 Å². The number of imidazole rings is 1. The van der Waals surface area contributed by atoms with Crippen molar-refractivity contribution in [1.29, 1.82) is 0 Å². The maximum atomic E-state index is 14.5. The van der Waals surface area contributed by atoms with Crippen LogP contribution in [0.25, 0.3) is 22.0 Å². The van der Waals surface area contributed by atoms with Gasteiger partial charge in [0.15, 0.2) is 5.69 Å². The minimum Gasteiger partial charge on any atom is -0.497 e. The normalized spacial score (nSPS) is 16.2. The lowest BCUT2D eigenvalue weighted by Crippen LogP contribution is -2.43. The molecule has 0 radical (unpaired) electrons. The Labute approximate surface area is 270 Å². The molecule has 3 aromatic heterocycles. The molecule has 47 heavy (non-hydrogen) atoms. The standard InChI is InChI=1S/C34H35F3N8O2/c1-41-10-12-43(13-11-41)19-23-16-24(47-3)17-28-30(4-6-39-31(23)28)45-8-5-25-26(29-20-42(2)40-32(29)34(35,36)37)14-22(15-27(25)33(45)46)18-44-9-7-38-21-44/h4,6-7,9,14-17,20-21H,5,8,10-13,18-19H2,1-3H3. The van der Waals surface area contributed by atoms with Crippen molar-refractivity contribution in [2.24, 2.45) is 7.05 Å². The van der Waals surface area contributed by atoms with Crippen LogP contribution in [0.5, 0.6) is 5.75 Å². The zero-order chi connectivity index (χ0) is 32.9. The Hall–Kier alpha value is -4.75. The van der Waals surface area contributed by atoms with Crippen molar-refractivity contribution in [3.63, 3.8) is 0 Å². The molecule has 2 aromatic carbocycles. The lowest BCUT2D eigenvalue weighted by molar-refractivity contribution is -0.140. The van der Waals surface area contributed by atoms with Gasteiger partial charge < -0.3 is 19.1 Å². The summed E-state index contributed by atoms with van der Waals surface area (Å²) < 4.78 is 51.2. The summed E-state index contributed by atoms with van der Waals surface area (Å²) in [6.07, 6.45) is 3.83. The van der Waals surface area contributed by atoms with Gasteiger partial charge in [0, 0.05) is 94.2 Å². The van der Waals surface area contributed by atoms with Crippen LogP contribution in [-0.2, 0) is 32.7 Å². The highest BCUT2D eigenvalue weighted by Gasteiger charge is 2.39. The van der Waals surface area contributed by atoms with Crippen molar-refractivity contribution in [1.82, 2.24) is 34.1 Å². The van der Waals surface area contributed by atoms with E-state index in [1.54, 1.807) is 49.1 Å². The molecular weight excluding hydrogens is 609 g/mol. The fourth-order valence-corrected chi connectivity index (χ4v) is 6.72. The number of piperazine rings is 1. The molecule has 0 spiro atoms. The second-order valence-corrected chi connectivity index (χ2v) is 12.3. The number of carbonyl (C=O) groups is 1. The Balaban J connectivity index is 1.32. The van der Waals surface area contributed by atoms with Crippen LogP contribution in [0.1, 0.15) is 32.7 Å². The average Bonchev–Trinajstić information content (AvgIpc) is 3.71. The fourth-order valence-electron chi connectivity index (χ4n) is 6.72. The lowest BCUT2D eigenvalue weighted by atomic mass is 9.87.